The highest BCUT2D eigenvalue weighted by atomic mass is 19.4. The van der Waals surface area contributed by atoms with E-state index in [0.717, 1.165) is 28.8 Å². The van der Waals surface area contributed by atoms with Gasteiger partial charge in [-0.3, -0.25) is 4.90 Å². The van der Waals surface area contributed by atoms with E-state index in [2.05, 4.69) is 29.8 Å². The number of benzene rings is 3. The Morgan fingerprint density at radius 1 is 0.750 bits per heavy atom. The van der Waals surface area contributed by atoms with Crippen LogP contribution in [0.2, 0.25) is 0 Å². The second-order valence-corrected chi connectivity index (χ2v) is 9.90. The Morgan fingerprint density at radius 3 is 1.82 bits per heavy atom. The summed E-state index contributed by atoms with van der Waals surface area (Å²) >= 11 is 0. The average molecular weight is 620 g/mol. The second-order valence-electron chi connectivity index (χ2n) is 9.90. The van der Waals surface area contributed by atoms with E-state index in [1.54, 1.807) is 0 Å². The van der Waals surface area contributed by atoms with Crippen molar-refractivity contribution in [1.82, 2.24) is 25.1 Å². The highest BCUT2D eigenvalue weighted by Gasteiger charge is 2.32. The molecule has 3 aromatic carbocycles. The first-order valence-electron chi connectivity index (χ1n) is 13.7. The maximum Gasteiger partial charge on any atom is 0.573 e. The predicted molar refractivity (Wildman–Crippen MR) is 147 cm³/mol. The molecule has 1 fully saturated rings. The topological polar surface area (TPSA) is 74.5 Å². The van der Waals surface area contributed by atoms with E-state index in [1.165, 1.54) is 41.2 Å². The zero-order valence-electron chi connectivity index (χ0n) is 23.4. The number of piperidine rings is 1. The monoisotopic (exact) mass is 619 g/mol. The first kappa shape index (κ1) is 30.9. The van der Waals surface area contributed by atoms with Crippen molar-refractivity contribution in [3.05, 3.63) is 89.5 Å². The predicted octanol–water partition coefficient (Wildman–Crippen LogP) is 7.24. The van der Waals surface area contributed by atoms with Gasteiger partial charge in [0, 0.05) is 30.8 Å². The molecular weight excluding hydrogens is 592 g/mol. The van der Waals surface area contributed by atoms with Crippen molar-refractivity contribution < 1.29 is 40.6 Å². The summed E-state index contributed by atoms with van der Waals surface area (Å²) in [6.45, 7) is 4.63. The minimum atomic E-state index is -4.83. The molecule has 1 aliphatic heterocycles. The molecule has 4 aromatic rings. The van der Waals surface area contributed by atoms with Gasteiger partial charge in [-0.1, -0.05) is 24.3 Å². The maximum absolute atomic E-state index is 12.7. The lowest BCUT2D eigenvalue weighted by atomic mass is 9.98. The average Bonchev–Trinajstić information content (AvgIpc) is 3.46. The molecule has 2 heterocycles. The third-order valence-corrected chi connectivity index (χ3v) is 6.76. The van der Waals surface area contributed by atoms with E-state index in [9.17, 15) is 26.3 Å². The number of rotatable bonds is 9. The van der Waals surface area contributed by atoms with Crippen LogP contribution in [0.15, 0.2) is 78.4 Å². The molecule has 1 saturated heterocycles. The fraction of sp³-hybridized carbons (Fsp3) is 0.300. The van der Waals surface area contributed by atoms with Gasteiger partial charge >= 0.3 is 12.7 Å². The summed E-state index contributed by atoms with van der Waals surface area (Å²) in [5.41, 5.74) is 3.38. The number of nitrogens with zero attached hydrogens (tertiary/aromatic N) is 5. The summed E-state index contributed by atoms with van der Waals surface area (Å²) in [5.74, 6) is 0.431. The molecule has 44 heavy (non-hydrogen) atoms. The number of halogens is 6. The summed E-state index contributed by atoms with van der Waals surface area (Å²) in [5, 5.41) is 12.4. The van der Waals surface area contributed by atoms with Gasteiger partial charge in [0.2, 0.25) is 5.82 Å². The molecule has 0 bridgehead atoms. The van der Waals surface area contributed by atoms with Gasteiger partial charge < -0.3 is 14.2 Å². The van der Waals surface area contributed by atoms with Crippen LogP contribution in [0.3, 0.4) is 0 Å². The van der Waals surface area contributed by atoms with Crippen molar-refractivity contribution >= 4 is 5.76 Å². The Balaban J connectivity index is 1.30. The number of likely N-dealkylation sites (tertiary alicyclic amines) is 1. The van der Waals surface area contributed by atoms with Gasteiger partial charge in [0.05, 0.1) is 6.54 Å². The molecule has 1 aliphatic rings. The molecule has 0 N–H and O–H groups in total. The number of aryl methyl sites for hydroxylation is 1. The van der Waals surface area contributed by atoms with Crippen LogP contribution in [0.25, 0.3) is 17.1 Å². The smallest absolute Gasteiger partial charge is 0.457 e. The second kappa shape index (κ2) is 13.0. The van der Waals surface area contributed by atoms with E-state index < -0.39 is 18.5 Å². The van der Waals surface area contributed by atoms with Crippen LogP contribution in [0.1, 0.15) is 30.9 Å². The lowest BCUT2D eigenvalue weighted by Crippen LogP contribution is -2.30. The van der Waals surface area contributed by atoms with Crippen molar-refractivity contribution in [1.29, 1.82) is 0 Å². The van der Waals surface area contributed by atoms with E-state index in [-0.39, 0.29) is 11.5 Å². The van der Waals surface area contributed by atoms with Crippen molar-refractivity contribution in [3.63, 3.8) is 0 Å². The van der Waals surface area contributed by atoms with E-state index >= 15 is 0 Å². The first-order chi connectivity index (χ1) is 20.9. The molecule has 0 aliphatic carbocycles. The van der Waals surface area contributed by atoms with Gasteiger partial charge in [0.25, 0.3) is 0 Å². The van der Waals surface area contributed by atoms with E-state index in [0.29, 0.717) is 56.2 Å². The van der Waals surface area contributed by atoms with Gasteiger partial charge in [-0.15, -0.1) is 36.5 Å². The van der Waals surface area contributed by atoms with Gasteiger partial charge in [-0.2, -0.15) is 4.80 Å². The lowest BCUT2D eigenvalue weighted by molar-refractivity contribution is -0.275. The number of alkyl halides is 6. The highest BCUT2D eigenvalue weighted by Crippen LogP contribution is 2.33. The molecule has 0 unspecified atom stereocenters. The molecule has 8 nitrogen and oxygen atoms in total. The van der Waals surface area contributed by atoms with Crippen LogP contribution in [0.5, 0.6) is 17.2 Å². The summed E-state index contributed by atoms with van der Waals surface area (Å²) in [6, 6.07) is 18.1. The number of aromatic nitrogens is 4. The van der Waals surface area contributed by atoms with Crippen molar-refractivity contribution in [2.24, 2.45) is 0 Å². The number of ether oxygens (including phenoxy) is 3. The van der Waals surface area contributed by atoms with Crippen LogP contribution in [0.4, 0.5) is 26.3 Å². The van der Waals surface area contributed by atoms with Crippen molar-refractivity contribution in [3.8, 4) is 28.6 Å². The van der Waals surface area contributed by atoms with Crippen LogP contribution in [0, 0.1) is 0 Å². The lowest BCUT2D eigenvalue weighted by Gasteiger charge is -2.30. The standard InChI is InChI=1S/C30H27F6N5O3/c1-2-41-38-28(37-39-41)23-5-3-20(4-6-23)19-40-17-15-22(16-18-40)27(21-7-9-25(10-8-21)43-29(31,32)33)42-24-11-13-26(14-12-24)44-30(34,35)36/h3-14H,2,15-19H2,1H3. The molecule has 14 heteroatoms. The van der Waals surface area contributed by atoms with Crippen molar-refractivity contribution in [2.45, 2.75) is 45.6 Å². The van der Waals surface area contributed by atoms with Crippen LogP contribution in [-0.2, 0) is 13.1 Å². The fourth-order valence-electron chi connectivity index (χ4n) is 4.69. The van der Waals surface area contributed by atoms with Crippen LogP contribution in [-0.4, -0.2) is 50.9 Å². The van der Waals surface area contributed by atoms with Gasteiger partial charge in [0.15, 0.2) is 0 Å². The highest BCUT2D eigenvalue weighted by molar-refractivity contribution is 5.66. The van der Waals surface area contributed by atoms with Gasteiger partial charge in [-0.05, 0) is 84.6 Å². The van der Waals surface area contributed by atoms with E-state index in [1.807, 2.05) is 31.2 Å². The Bertz CT molecular complexity index is 1560. The maximum atomic E-state index is 12.7. The molecule has 0 atom stereocenters. The molecule has 5 rings (SSSR count). The first-order valence-corrected chi connectivity index (χ1v) is 13.7. The summed E-state index contributed by atoms with van der Waals surface area (Å²) < 4.78 is 89.7. The number of hydrogen-bond acceptors (Lipinski definition) is 7. The summed E-state index contributed by atoms with van der Waals surface area (Å²) in [4.78, 5) is 3.79. The Kier molecular flexibility index (Phi) is 9.09. The minimum Gasteiger partial charge on any atom is -0.457 e. The molecule has 0 amide bonds. The van der Waals surface area contributed by atoms with Gasteiger partial charge in [-0.25, -0.2) is 0 Å². The fourth-order valence-corrected chi connectivity index (χ4v) is 4.69. The molecule has 0 radical (unpaired) electrons. The Labute approximate surface area is 248 Å². The van der Waals surface area contributed by atoms with Crippen LogP contribution < -0.4 is 14.2 Å². The third-order valence-electron chi connectivity index (χ3n) is 6.76. The Morgan fingerprint density at radius 2 is 1.30 bits per heavy atom. The SMILES string of the molecule is CCn1nnc(-c2ccc(CN3CCC(=C(Oc4ccc(OC(F)(F)F)cc4)c4ccc(OC(F)(F)F)cc4)CC3)cc2)n1. The third kappa shape index (κ3) is 8.49. The van der Waals surface area contributed by atoms with Gasteiger partial charge in [0.1, 0.15) is 23.0 Å². The number of tetrazole rings is 1. The molecular formula is C30H27F6N5O3. The zero-order chi connectivity index (χ0) is 31.3. The largest absolute Gasteiger partial charge is 0.573 e. The molecule has 0 spiro atoms. The normalized spacial score (nSPS) is 14.4. The molecule has 1 aromatic heterocycles. The van der Waals surface area contributed by atoms with Crippen molar-refractivity contribution in [2.75, 3.05) is 13.1 Å². The summed E-state index contributed by atoms with van der Waals surface area (Å²) in [6.07, 6.45) is -8.46. The van der Waals surface area contributed by atoms with Crippen LogP contribution >= 0.6 is 0 Å². The molecule has 232 valence electrons. The zero-order valence-corrected chi connectivity index (χ0v) is 23.4. The Hall–Kier alpha value is -4.59. The minimum absolute atomic E-state index is 0.244. The van der Waals surface area contributed by atoms with E-state index in [4.69, 9.17) is 4.74 Å². The molecule has 0 saturated carbocycles. The quantitative estimate of drug-likeness (QED) is 0.144. The summed E-state index contributed by atoms with van der Waals surface area (Å²) in [7, 11) is 0. The number of hydrogen-bond donors (Lipinski definition) is 0.